The molecule has 0 saturated heterocycles. The van der Waals surface area contributed by atoms with Crippen LogP contribution < -0.4 is 5.32 Å². The average Bonchev–Trinajstić information content (AvgIpc) is 2.84. The van der Waals surface area contributed by atoms with Gasteiger partial charge in [-0.25, -0.2) is 9.78 Å². The number of carbonyl (C=O) groups is 2. The van der Waals surface area contributed by atoms with E-state index in [-0.39, 0.29) is 12.1 Å². The van der Waals surface area contributed by atoms with Gasteiger partial charge in [0.25, 0.3) is 0 Å². The Morgan fingerprint density at radius 1 is 1.48 bits per heavy atom. The van der Waals surface area contributed by atoms with Gasteiger partial charge in [0.15, 0.2) is 0 Å². The summed E-state index contributed by atoms with van der Waals surface area (Å²) in [4.78, 5) is 29.1. The molecule has 21 heavy (non-hydrogen) atoms. The van der Waals surface area contributed by atoms with Crippen LogP contribution in [0.3, 0.4) is 0 Å². The van der Waals surface area contributed by atoms with Crippen molar-refractivity contribution in [1.82, 2.24) is 19.8 Å². The molecule has 1 heterocycles. The molecular formula is C14H22N4O3. The Kier molecular flexibility index (Phi) is 4.82. The van der Waals surface area contributed by atoms with E-state index in [0.717, 1.165) is 25.1 Å². The van der Waals surface area contributed by atoms with Gasteiger partial charge in [0.2, 0.25) is 0 Å². The number of carboxylic acid groups (broad SMARTS) is 1. The van der Waals surface area contributed by atoms with E-state index in [1.165, 1.54) is 4.90 Å². The second-order valence-corrected chi connectivity index (χ2v) is 5.60. The lowest BCUT2D eigenvalue weighted by Crippen LogP contribution is -2.49. The third kappa shape index (κ3) is 3.74. The Labute approximate surface area is 124 Å². The highest BCUT2D eigenvalue weighted by Crippen LogP contribution is 2.24. The number of aryl methyl sites for hydroxylation is 1. The van der Waals surface area contributed by atoms with Crippen molar-refractivity contribution in [1.29, 1.82) is 0 Å². The molecular weight excluding hydrogens is 272 g/mol. The molecule has 116 valence electrons. The first-order valence-corrected chi connectivity index (χ1v) is 7.19. The number of aromatic nitrogens is 2. The summed E-state index contributed by atoms with van der Waals surface area (Å²) in [6.45, 7) is 0.389. The number of carboxylic acids is 1. The summed E-state index contributed by atoms with van der Waals surface area (Å²) in [5, 5.41) is 12.1. The second kappa shape index (κ2) is 6.60. The van der Waals surface area contributed by atoms with E-state index in [1.54, 1.807) is 13.2 Å². The molecule has 2 amide bonds. The van der Waals surface area contributed by atoms with Crippen molar-refractivity contribution in [2.24, 2.45) is 13.0 Å². The molecule has 2 N–H and O–H groups in total. The van der Waals surface area contributed by atoms with Crippen LogP contribution in [0.5, 0.6) is 0 Å². The van der Waals surface area contributed by atoms with Crippen molar-refractivity contribution in [3.63, 3.8) is 0 Å². The van der Waals surface area contributed by atoms with Crippen LogP contribution in [0, 0.1) is 5.92 Å². The Bertz CT molecular complexity index is 514. The Morgan fingerprint density at radius 2 is 2.19 bits per heavy atom. The number of imidazole rings is 1. The maximum Gasteiger partial charge on any atom is 0.317 e. The number of hydrogen-bond donors (Lipinski definition) is 2. The van der Waals surface area contributed by atoms with Crippen molar-refractivity contribution >= 4 is 12.0 Å². The summed E-state index contributed by atoms with van der Waals surface area (Å²) in [5.41, 5.74) is 0. The Morgan fingerprint density at radius 3 is 2.81 bits per heavy atom. The SMILES string of the molecule is CN(Cc1nccn1C)C(=O)NC1CCCCC1C(=O)O. The van der Waals surface area contributed by atoms with E-state index in [4.69, 9.17) is 0 Å². The van der Waals surface area contributed by atoms with Crippen LogP contribution in [0.1, 0.15) is 31.5 Å². The maximum atomic E-state index is 12.2. The lowest BCUT2D eigenvalue weighted by Gasteiger charge is -2.30. The zero-order valence-corrected chi connectivity index (χ0v) is 12.5. The summed E-state index contributed by atoms with van der Waals surface area (Å²) in [6, 6.07) is -0.538. The molecule has 1 saturated carbocycles. The number of carbonyl (C=O) groups excluding carboxylic acids is 1. The molecule has 2 unspecified atom stereocenters. The normalized spacial score (nSPS) is 21.8. The standard InChI is InChI=1S/C14H22N4O3/c1-17-8-7-15-12(17)9-18(2)14(21)16-11-6-4-3-5-10(11)13(19)20/h7-8,10-11H,3-6,9H2,1-2H3,(H,16,21)(H,19,20). The summed E-state index contributed by atoms with van der Waals surface area (Å²) < 4.78 is 1.85. The maximum absolute atomic E-state index is 12.2. The first kappa shape index (κ1) is 15.3. The molecule has 0 bridgehead atoms. The van der Waals surface area contributed by atoms with E-state index < -0.39 is 11.9 Å². The minimum absolute atomic E-state index is 0.254. The van der Waals surface area contributed by atoms with Gasteiger partial charge < -0.3 is 19.9 Å². The molecule has 7 nitrogen and oxygen atoms in total. The minimum atomic E-state index is -0.827. The smallest absolute Gasteiger partial charge is 0.317 e. The summed E-state index contributed by atoms with van der Waals surface area (Å²) in [5.74, 6) is -0.526. The lowest BCUT2D eigenvalue weighted by atomic mass is 9.84. The highest BCUT2D eigenvalue weighted by atomic mass is 16.4. The largest absolute Gasteiger partial charge is 0.481 e. The van der Waals surface area contributed by atoms with Gasteiger partial charge >= 0.3 is 12.0 Å². The number of amides is 2. The molecule has 0 aliphatic heterocycles. The summed E-state index contributed by atoms with van der Waals surface area (Å²) in [7, 11) is 3.55. The van der Waals surface area contributed by atoms with E-state index in [0.29, 0.717) is 13.0 Å². The number of urea groups is 1. The molecule has 0 radical (unpaired) electrons. The number of nitrogens with zero attached hydrogens (tertiary/aromatic N) is 3. The fourth-order valence-corrected chi connectivity index (χ4v) is 2.70. The third-order valence-electron chi connectivity index (χ3n) is 4.04. The van der Waals surface area contributed by atoms with Gasteiger partial charge in [0.05, 0.1) is 12.5 Å². The van der Waals surface area contributed by atoms with Crippen molar-refractivity contribution in [2.45, 2.75) is 38.3 Å². The van der Waals surface area contributed by atoms with Crippen molar-refractivity contribution in [3.8, 4) is 0 Å². The van der Waals surface area contributed by atoms with Crippen LogP contribution in [-0.2, 0) is 18.4 Å². The number of nitrogens with one attached hydrogen (secondary N) is 1. The zero-order chi connectivity index (χ0) is 15.4. The molecule has 1 fully saturated rings. The van der Waals surface area contributed by atoms with Crippen LogP contribution in [0.2, 0.25) is 0 Å². The van der Waals surface area contributed by atoms with Gasteiger partial charge in [-0.3, -0.25) is 4.79 Å². The quantitative estimate of drug-likeness (QED) is 0.873. The van der Waals surface area contributed by atoms with Gasteiger partial charge in [0, 0.05) is 32.5 Å². The van der Waals surface area contributed by atoms with Crippen LogP contribution in [-0.4, -0.2) is 44.6 Å². The Balaban J connectivity index is 1.93. The van der Waals surface area contributed by atoms with Crippen molar-refractivity contribution in [2.75, 3.05) is 7.05 Å². The van der Waals surface area contributed by atoms with E-state index >= 15 is 0 Å². The monoisotopic (exact) mass is 294 g/mol. The van der Waals surface area contributed by atoms with Gasteiger partial charge in [-0.2, -0.15) is 0 Å². The number of hydrogen-bond acceptors (Lipinski definition) is 3. The van der Waals surface area contributed by atoms with Crippen LogP contribution in [0.25, 0.3) is 0 Å². The number of aliphatic carboxylic acids is 1. The molecule has 2 rings (SSSR count). The summed E-state index contributed by atoms with van der Waals surface area (Å²) in [6.07, 6.45) is 6.72. The van der Waals surface area contributed by atoms with Crippen molar-refractivity contribution in [3.05, 3.63) is 18.2 Å². The van der Waals surface area contributed by atoms with Crippen LogP contribution in [0.15, 0.2) is 12.4 Å². The fraction of sp³-hybridized carbons (Fsp3) is 0.643. The topological polar surface area (TPSA) is 87.5 Å². The third-order valence-corrected chi connectivity index (χ3v) is 4.04. The number of rotatable bonds is 4. The molecule has 0 spiro atoms. The van der Waals surface area contributed by atoms with E-state index in [2.05, 4.69) is 10.3 Å². The Hall–Kier alpha value is -2.05. The molecule has 1 aromatic rings. The first-order chi connectivity index (χ1) is 9.99. The average molecular weight is 294 g/mol. The van der Waals surface area contributed by atoms with Crippen LogP contribution >= 0.6 is 0 Å². The molecule has 1 aliphatic carbocycles. The zero-order valence-electron chi connectivity index (χ0n) is 12.5. The minimum Gasteiger partial charge on any atom is -0.481 e. The molecule has 2 atom stereocenters. The second-order valence-electron chi connectivity index (χ2n) is 5.60. The molecule has 1 aliphatic rings. The van der Waals surface area contributed by atoms with Crippen molar-refractivity contribution < 1.29 is 14.7 Å². The van der Waals surface area contributed by atoms with E-state index in [9.17, 15) is 14.7 Å². The molecule has 7 heteroatoms. The molecule has 0 aromatic carbocycles. The summed E-state index contributed by atoms with van der Waals surface area (Å²) >= 11 is 0. The van der Waals surface area contributed by atoms with Gasteiger partial charge in [-0.1, -0.05) is 12.8 Å². The highest BCUT2D eigenvalue weighted by Gasteiger charge is 2.32. The van der Waals surface area contributed by atoms with E-state index in [1.807, 2.05) is 17.8 Å². The van der Waals surface area contributed by atoms with Crippen LogP contribution in [0.4, 0.5) is 4.79 Å². The fourth-order valence-electron chi connectivity index (χ4n) is 2.70. The predicted molar refractivity (Wildman–Crippen MR) is 76.6 cm³/mol. The van der Waals surface area contributed by atoms with Gasteiger partial charge in [-0.15, -0.1) is 0 Å². The lowest BCUT2D eigenvalue weighted by molar-refractivity contribution is -0.143. The first-order valence-electron chi connectivity index (χ1n) is 7.19. The molecule has 1 aromatic heterocycles. The predicted octanol–water partition coefficient (Wildman–Crippen LogP) is 1.20. The van der Waals surface area contributed by atoms with Gasteiger partial charge in [0.1, 0.15) is 5.82 Å². The highest BCUT2D eigenvalue weighted by molar-refractivity contribution is 5.76. The van der Waals surface area contributed by atoms with Gasteiger partial charge in [-0.05, 0) is 12.8 Å².